The van der Waals surface area contributed by atoms with E-state index in [-0.39, 0.29) is 22.9 Å². The Morgan fingerprint density at radius 2 is 1.79 bits per heavy atom. The molecule has 19 heavy (non-hydrogen) atoms. The van der Waals surface area contributed by atoms with Crippen molar-refractivity contribution in [3.63, 3.8) is 0 Å². The molecule has 100 valence electrons. The van der Waals surface area contributed by atoms with Crippen molar-refractivity contribution in [1.29, 1.82) is 0 Å². The zero-order chi connectivity index (χ0) is 13.8. The third kappa shape index (κ3) is 1.58. The molecule has 1 saturated carbocycles. The van der Waals surface area contributed by atoms with E-state index >= 15 is 0 Å². The second kappa shape index (κ2) is 3.83. The van der Waals surface area contributed by atoms with E-state index in [4.69, 9.17) is 0 Å². The number of fused-ring (bicyclic) bond motifs is 2. The van der Waals surface area contributed by atoms with Gasteiger partial charge in [0.05, 0.1) is 6.10 Å². The molecule has 1 fully saturated rings. The van der Waals surface area contributed by atoms with Gasteiger partial charge in [-0.15, -0.1) is 0 Å². The maximum absolute atomic E-state index is 10.9. The van der Waals surface area contributed by atoms with Crippen LogP contribution in [0.5, 0.6) is 0 Å². The second-order valence-corrected chi connectivity index (χ2v) is 6.90. The fourth-order valence-electron chi connectivity index (χ4n) is 4.17. The molecule has 1 nitrogen and oxygen atoms in total. The molecule has 0 aliphatic heterocycles. The summed E-state index contributed by atoms with van der Waals surface area (Å²) in [4.78, 5) is 0. The monoisotopic (exact) mass is 254 g/mol. The molecule has 3 aliphatic rings. The fourth-order valence-corrected chi connectivity index (χ4v) is 4.17. The summed E-state index contributed by atoms with van der Waals surface area (Å²) in [7, 11) is 0. The minimum Gasteiger partial charge on any atom is -0.392 e. The quantitative estimate of drug-likeness (QED) is 0.749. The highest BCUT2D eigenvalue weighted by Crippen LogP contribution is 2.61. The van der Waals surface area contributed by atoms with Gasteiger partial charge in [0.25, 0.3) is 0 Å². The Morgan fingerprint density at radius 3 is 2.42 bits per heavy atom. The van der Waals surface area contributed by atoms with Crippen LogP contribution in [0.3, 0.4) is 0 Å². The van der Waals surface area contributed by atoms with Crippen LogP contribution in [0, 0.1) is 16.7 Å². The van der Waals surface area contributed by atoms with Gasteiger partial charge < -0.3 is 5.11 Å². The second-order valence-electron chi connectivity index (χ2n) is 6.90. The Balaban J connectivity index is 2.19. The molecule has 1 aromatic carbocycles. The highest BCUT2D eigenvalue weighted by molar-refractivity contribution is 5.75. The van der Waals surface area contributed by atoms with Crippen molar-refractivity contribution >= 4 is 5.57 Å². The summed E-state index contributed by atoms with van der Waals surface area (Å²) in [6, 6.07) is 10.4. The van der Waals surface area contributed by atoms with Crippen LogP contribution in [-0.4, -0.2) is 11.2 Å². The normalized spacial score (nSPS) is 36.2. The number of hydrogen-bond donors (Lipinski definition) is 1. The van der Waals surface area contributed by atoms with Gasteiger partial charge in [-0.1, -0.05) is 69.3 Å². The van der Waals surface area contributed by atoms with Crippen molar-refractivity contribution in [2.45, 2.75) is 33.3 Å². The average molecular weight is 254 g/mol. The summed E-state index contributed by atoms with van der Waals surface area (Å²) in [5.74, 6) is 0.277. The highest BCUT2D eigenvalue weighted by Gasteiger charge is 2.56. The molecule has 0 radical (unpaired) electrons. The Kier molecular flexibility index (Phi) is 2.56. The molecule has 4 rings (SSSR count). The van der Waals surface area contributed by atoms with Gasteiger partial charge in [0, 0.05) is 16.7 Å². The molecule has 1 heteroatoms. The molecule has 3 aliphatic carbocycles. The van der Waals surface area contributed by atoms with Crippen molar-refractivity contribution < 1.29 is 5.11 Å². The number of benzene rings is 1. The van der Waals surface area contributed by atoms with Crippen molar-refractivity contribution in [3.05, 3.63) is 54.1 Å². The van der Waals surface area contributed by atoms with Gasteiger partial charge in [-0.25, -0.2) is 0 Å². The first-order chi connectivity index (χ1) is 8.87. The van der Waals surface area contributed by atoms with Crippen molar-refractivity contribution in [3.8, 4) is 0 Å². The number of rotatable bonds is 1. The van der Waals surface area contributed by atoms with E-state index in [1.807, 2.05) is 6.07 Å². The summed E-state index contributed by atoms with van der Waals surface area (Å²) in [5, 5.41) is 10.9. The summed E-state index contributed by atoms with van der Waals surface area (Å²) in [6.07, 6.45) is 2.91. The first-order valence-corrected chi connectivity index (χ1v) is 7.01. The summed E-state index contributed by atoms with van der Waals surface area (Å²) in [6.45, 7) is 10.7. The topological polar surface area (TPSA) is 20.2 Å². The van der Waals surface area contributed by atoms with E-state index in [0.29, 0.717) is 0 Å². The third-order valence-corrected chi connectivity index (χ3v) is 5.18. The average Bonchev–Trinajstić information content (AvgIpc) is 2.37. The van der Waals surface area contributed by atoms with Crippen LogP contribution in [0.25, 0.3) is 5.57 Å². The standard InChI is InChI=1S/C18H22O/c1-12-11-18(4)15(13-8-6-5-7-9-13)10-14(12)17(2,3)16(18)19/h5-10,14,16,19H,1,11H2,2-4H3/t14-,16+,18-/m0/s1. The van der Waals surface area contributed by atoms with Crippen LogP contribution >= 0.6 is 0 Å². The van der Waals surface area contributed by atoms with Crippen LogP contribution in [0.2, 0.25) is 0 Å². The Bertz CT molecular complexity index is 552. The van der Waals surface area contributed by atoms with Crippen LogP contribution in [-0.2, 0) is 0 Å². The van der Waals surface area contributed by atoms with Crippen molar-refractivity contribution in [1.82, 2.24) is 0 Å². The largest absolute Gasteiger partial charge is 0.392 e. The maximum atomic E-state index is 10.9. The molecular formula is C18H22O. The van der Waals surface area contributed by atoms with E-state index < -0.39 is 0 Å². The lowest BCUT2D eigenvalue weighted by Crippen LogP contribution is -2.55. The van der Waals surface area contributed by atoms with Crippen LogP contribution in [0.15, 0.2) is 48.6 Å². The lowest BCUT2D eigenvalue weighted by molar-refractivity contribution is -0.0660. The maximum Gasteiger partial charge on any atom is 0.0696 e. The predicted octanol–water partition coefficient (Wildman–Crippen LogP) is 4.05. The predicted molar refractivity (Wildman–Crippen MR) is 79.6 cm³/mol. The SMILES string of the molecule is C=C1C[C@@]2(C)C(c3ccccc3)=C[C@@H]1C(C)(C)[C@H]2O. The van der Waals surface area contributed by atoms with Crippen LogP contribution < -0.4 is 0 Å². The molecule has 0 saturated heterocycles. The molecule has 0 unspecified atom stereocenters. The number of allylic oxidation sites excluding steroid dienone is 2. The number of hydrogen-bond acceptors (Lipinski definition) is 1. The van der Waals surface area contributed by atoms with Gasteiger partial charge in [0.1, 0.15) is 0 Å². The number of aliphatic hydroxyl groups is 1. The lowest BCUT2D eigenvalue weighted by atomic mass is 9.48. The van der Waals surface area contributed by atoms with Crippen LogP contribution in [0.1, 0.15) is 32.8 Å². The van der Waals surface area contributed by atoms with Crippen LogP contribution in [0.4, 0.5) is 0 Å². The minimum atomic E-state index is -0.323. The lowest BCUT2D eigenvalue weighted by Gasteiger charge is -2.58. The van der Waals surface area contributed by atoms with E-state index in [0.717, 1.165) is 6.42 Å². The van der Waals surface area contributed by atoms with E-state index in [2.05, 4.69) is 57.7 Å². The first-order valence-electron chi connectivity index (χ1n) is 7.01. The van der Waals surface area contributed by atoms with Gasteiger partial charge in [0.15, 0.2) is 0 Å². The molecule has 1 aromatic rings. The summed E-state index contributed by atoms with van der Waals surface area (Å²) >= 11 is 0. The van der Waals surface area contributed by atoms with E-state index in [1.165, 1.54) is 16.7 Å². The first kappa shape index (κ1) is 12.7. The smallest absolute Gasteiger partial charge is 0.0696 e. The minimum absolute atomic E-state index is 0.123. The van der Waals surface area contributed by atoms with E-state index in [9.17, 15) is 5.11 Å². The van der Waals surface area contributed by atoms with Crippen molar-refractivity contribution in [2.24, 2.45) is 16.7 Å². The Labute approximate surface area is 115 Å². The van der Waals surface area contributed by atoms with Gasteiger partial charge in [-0.2, -0.15) is 0 Å². The zero-order valence-electron chi connectivity index (χ0n) is 12.0. The molecule has 0 heterocycles. The molecule has 1 N–H and O–H groups in total. The van der Waals surface area contributed by atoms with Gasteiger partial charge in [0.2, 0.25) is 0 Å². The molecule has 2 bridgehead atoms. The van der Waals surface area contributed by atoms with E-state index in [1.54, 1.807) is 0 Å². The van der Waals surface area contributed by atoms with Gasteiger partial charge in [-0.3, -0.25) is 0 Å². The van der Waals surface area contributed by atoms with Crippen molar-refractivity contribution in [2.75, 3.05) is 0 Å². The zero-order valence-corrected chi connectivity index (χ0v) is 12.0. The molecule has 0 spiro atoms. The number of aliphatic hydroxyl groups excluding tert-OH is 1. The summed E-state index contributed by atoms with van der Waals surface area (Å²) < 4.78 is 0. The fraction of sp³-hybridized carbons (Fsp3) is 0.444. The van der Waals surface area contributed by atoms with Gasteiger partial charge >= 0.3 is 0 Å². The Hall–Kier alpha value is -1.34. The molecule has 0 amide bonds. The summed E-state index contributed by atoms with van der Waals surface area (Å²) in [5.41, 5.74) is 3.45. The molecule has 0 aromatic heterocycles. The molecular weight excluding hydrogens is 232 g/mol. The third-order valence-electron chi connectivity index (χ3n) is 5.18. The highest BCUT2D eigenvalue weighted by atomic mass is 16.3. The Morgan fingerprint density at radius 1 is 1.16 bits per heavy atom. The molecule has 3 atom stereocenters. The van der Waals surface area contributed by atoms with Gasteiger partial charge in [-0.05, 0) is 17.6 Å².